The van der Waals surface area contributed by atoms with Crippen molar-refractivity contribution in [1.82, 2.24) is 26.3 Å². The van der Waals surface area contributed by atoms with Gasteiger partial charge < -0.3 is 27.0 Å². The molecule has 10 nitrogen and oxygen atoms in total. The predicted octanol–water partition coefficient (Wildman–Crippen LogP) is 5.58. The van der Waals surface area contributed by atoms with Crippen LogP contribution in [0.15, 0.2) is 78.9 Å². The summed E-state index contributed by atoms with van der Waals surface area (Å²) in [5, 5.41) is 13.2. The normalized spacial score (nSPS) is 14.9. The Hall–Kier alpha value is -4.32. The van der Waals surface area contributed by atoms with Crippen molar-refractivity contribution in [2.45, 2.75) is 88.9 Å². The molecule has 6 N–H and O–H groups in total. The molecule has 1 aromatic heterocycles. The second kappa shape index (κ2) is 18.8. The number of aromatic nitrogens is 1. The van der Waals surface area contributed by atoms with Gasteiger partial charge in [0, 0.05) is 12.8 Å². The lowest BCUT2D eigenvalue weighted by Gasteiger charge is -2.29. The van der Waals surface area contributed by atoms with Gasteiger partial charge in [0.1, 0.15) is 18.1 Å². The monoisotopic (exact) mass is 730 g/mol. The van der Waals surface area contributed by atoms with Gasteiger partial charge in [0.05, 0.1) is 26.3 Å². The molecule has 1 aliphatic rings. The number of fused-ring (bicyclic) bond motifs is 1. The minimum Gasteiger partial charge on any atom is -0.344 e. The fourth-order valence-corrected chi connectivity index (χ4v) is 7.89. The van der Waals surface area contributed by atoms with E-state index in [0.717, 1.165) is 41.5 Å². The van der Waals surface area contributed by atoms with E-state index in [1.807, 2.05) is 72.8 Å². The van der Waals surface area contributed by atoms with E-state index in [9.17, 15) is 19.2 Å². The maximum atomic E-state index is 14.2. The number of nitrogens with one attached hydrogen (secondary N) is 4. The third-order valence-corrected chi connectivity index (χ3v) is 10.9. The van der Waals surface area contributed by atoms with Gasteiger partial charge in [0.15, 0.2) is 0 Å². The van der Waals surface area contributed by atoms with Crippen LogP contribution in [0, 0.1) is 5.92 Å². The molecular formula is C39H47ClN6O4S. The molecule has 0 saturated heterocycles. The second-order valence-electron chi connectivity index (χ2n) is 13.0. The number of thiazole rings is 1. The Bertz CT molecular complexity index is 1730. The van der Waals surface area contributed by atoms with Crippen LogP contribution in [0.25, 0.3) is 10.2 Å². The zero-order valence-corrected chi connectivity index (χ0v) is 30.5. The summed E-state index contributed by atoms with van der Waals surface area (Å²) < 4.78 is 0.805. The Morgan fingerprint density at radius 3 is 2.06 bits per heavy atom. The van der Waals surface area contributed by atoms with Gasteiger partial charge >= 0.3 is 0 Å². The number of nitrogens with zero attached hydrogens (tertiary/aromatic N) is 1. The van der Waals surface area contributed by atoms with Crippen molar-refractivity contribution in [1.29, 1.82) is 0 Å². The van der Waals surface area contributed by atoms with Crippen LogP contribution in [0.2, 0.25) is 5.02 Å². The van der Waals surface area contributed by atoms with E-state index in [1.165, 1.54) is 11.3 Å². The Morgan fingerprint density at radius 2 is 1.45 bits per heavy atom. The molecule has 4 aromatic rings. The first-order chi connectivity index (χ1) is 24.8. The Balaban J connectivity index is 1.36. The molecule has 3 aromatic carbocycles. The van der Waals surface area contributed by atoms with Crippen molar-refractivity contribution in [3.63, 3.8) is 0 Å². The van der Waals surface area contributed by atoms with Crippen LogP contribution in [0.4, 0.5) is 0 Å². The van der Waals surface area contributed by atoms with Crippen LogP contribution in [0.1, 0.15) is 80.5 Å². The highest BCUT2D eigenvalue weighted by Gasteiger charge is 2.36. The van der Waals surface area contributed by atoms with Crippen molar-refractivity contribution in [2.24, 2.45) is 11.7 Å². The zero-order chi connectivity index (χ0) is 36.2. The van der Waals surface area contributed by atoms with Gasteiger partial charge in [0.2, 0.25) is 23.6 Å². The predicted molar refractivity (Wildman–Crippen MR) is 202 cm³/mol. The fourth-order valence-electron chi connectivity index (χ4n) is 6.59. The zero-order valence-electron chi connectivity index (χ0n) is 28.9. The van der Waals surface area contributed by atoms with E-state index >= 15 is 0 Å². The average Bonchev–Trinajstić information content (AvgIpc) is 3.84. The number of benzene rings is 3. The third kappa shape index (κ3) is 10.4. The highest BCUT2D eigenvalue weighted by molar-refractivity contribution is 7.19. The largest absolute Gasteiger partial charge is 0.344 e. The first kappa shape index (κ1) is 37.9. The molecule has 4 amide bonds. The number of hydrogen-bond acceptors (Lipinski definition) is 7. The summed E-state index contributed by atoms with van der Waals surface area (Å²) in [5.74, 6) is -1.64. The molecule has 0 unspecified atom stereocenters. The number of carbonyl (C=O) groups excluding carboxylic acids is 4. The topological polar surface area (TPSA) is 155 Å². The molecule has 1 saturated carbocycles. The van der Waals surface area contributed by atoms with E-state index in [2.05, 4.69) is 26.3 Å². The Labute approximate surface area is 308 Å². The fraction of sp³-hybridized carbons (Fsp3) is 0.410. The second-order valence-corrected chi connectivity index (χ2v) is 14.5. The number of nitrogens with two attached hydrogens (primary N) is 1. The molecule has 5 rings (SSSR count). The lowest BCUT2D eigenvalue weighted by molar-refractivity contribution is -0.135. The van der Waals surface area contributed by atoms with Gasteiger partial charge in [-0.1, -0.05) is 98.1 Å². The highest BCUT2D eigenvalue weighted by atomic mass is 35.5. The minimum absolute atomic E-state index is 0.119. The molecule has 270 valence electrons. The average molecular weight is 731 g/mol. The summed E-state index contributed by atoms with van der Waals surface area (Å²) in [6.07, 6.45) is 5.42. The quantitative estimate of drug-likeness (QED) is 0.0894. The van der Waals surface area contributed by atoms with Gasteiger partial charge in [-0.15, -0.1) is 11.3 Å². The van der Waals surface area contributed by atoms with Crippen molar-refractivity contribution < 1.29 is 19.2 Å². The summed E-state index contributed by atoms with van der Waals surface area (Å²) in [6, 6.07) is 21.7. The van der Waals surface area contributed by atoms with Gasteiger partial charge in [-0.25, -0.2) is 4.98 Å². The number of unbranched alkanes of at least 4 members (excludes halogenated alkanes) is 1. The molecule has 1 heterocycles. The summed E-state index contributed by atoms with van der Waals surface area (Å²) in [6.45, 7) is 2.18. The molecule has 3 atom stereocenters. The summed E-state index contributed by atoms with van der Waals surface area (Å²) >= 11 is 7.76. The van der Waals surface area contributed by atoms with E-state index in [0.29, 0.717) is 41.4 Å². The molecule has 12 heteroatoms. The lowest BCUT2D eigenvalue weighted by Crippen LogP contribution is -2.59. The number of halogens is 1. The highest BCUT2D eigenvalue weighted by Crippen LogP contribution is 2.31. The standard InChI is InChI=1S/C39H47ClN6O4S/c1-2-32(47)42-31(24-33-43-29-22-13-20-28(40)36(29)51-33)38(49)46-35(27-18-9-10-19-27)39(50)44-30(21-11-12-23-41)37(48)45-34(25-14-5-3-6-15-25)26-16-7-4-8-17-26/h3-8,13-17,20,22,27,30-31,34-35H,2,9-12,18-19,21,23-24,41H2,1H3,(H,42,47)(H,44,50)(H,45,48)(H,46,49)/t30-,31-,35-/m0/s1. The smallest absolute Gasteiger partial charge is 0.243 e. The van der Waals surface area contributed by atoms with Crippen LogP contribution in [0.3, 0.4) is 0 Å². The van der Waals surface area contributed by atoms with E-state index in [4.69, 9.17) is 17.3 Å². The maximum Gasteiger partial charge on any atom is 0.243 e. The molecule has 0 radical (unpaired) electrons. The van der Waals surface area contributed by atoms with Crippen molar-refractivity contribution in [3.05, 3.63) is 100 Å². The van der Waals surface area contributed by atoms with Crippen LogP contribution < -0.4 is 27.0 Å². The molecule has 0 aliphatic heterocycles. The Kier molecular flexibility index (Phi) is 14.0. The maximum absolute atomic E-state index is 14.2. The molecule has 51 heavy (non-hydrogen) atoms. The van der Waals surface area contributed by atoms with Gasteiger partial charge in [-0.2, -0.15) is 0 Å². The van der Waals surface area contributed by atoms with E-state index < -0.39 is 36.0 Å². The lowest BCUT2D eigenvalue weighted by atomic mass is 9.95. The Morgan fingerprint density at radius 1 is 0.804 bits per heavy atom. The molecule has 1 aliphatic carbocycles. The molecule has 1 fully saturated rings. The minimum atomic E-state index is -0.963. The van der Waals surface area contributed by atoms with E-state index in [-0.39, 0.29) is 30.6 Å². The first-order valence-corrected chi connectivity index (χ1v) is 19.0. The number of hydrogen-bond donors (Lipinski definition) is 5. The summed E-state index contributed by atoms with van der Waals surface area (Å²) in [4.78, 5) is 59.5. The molecule has 0 spiro atoms. The van der Waals surface area contributed by atoms with Crippen molar-refractivity contribution in [3.8, 4) is 0 Å². The van der Waals surface area contributed by atoms with E-state index in [1.54, 1.807) is 13.0 Å². The third-order valence-electron chi connectivity index (χ3n) is 9.35. The number of amides is 4. The van der Waals surface area contributed by atoms with Gasteiger partial charge in [-0.3, -0.25) is 19.2 Å². The van der Waals surface area contributed by atoms with Crippen LogP contribution in [-0.2, 0) is 25.6 Å². The SMILES string of the molecule is CCC(=O)N[C@@H](Cc1nc2cccc(Cl)c2s1)C(=O)N[C@H](C(=O)N[C@@H](CCCCN)C(=O)NC(c1ccccc1)c1ccccc1)C1CCCC1. The van der Waals surface area contributed by atoms with Crippen LogP contribution in [-0.4, -0.2) is 53.3 Å². The van der Waals surface area contributed by atoms with Crippen molar-refractivity contribution in [2.75, 3.05) is 6.54 Å². The molecular weight excluding hydrogens is 684 g/mol. The van der Waals surface area contributed by atoms with Crippen LogP contribution in [0.5, 0.6) is 0 Å². The number of carbonyl (C=O) groups is 4. The molecule has 0 bridgehead atoms. The van der Waals surface area contributed by atoms with Crippen molar-refractivity contribution >= 4 is 56.8 Å². The van der Waals surface area contributed by atoms with Crippen LogP contribution >= 0.6 is 22.9 Å². The summed E-state index contributed by atoms with van der Waals surface area (Å²) in [5.41, 5.74) is 8.33. The first-order valence-electron chi connectivity index (χ1n) is 17.8. The summed E-state index contributed by atoms with van der Waals surface area (Å²) in [7, 11) is 0. The number of rotatable bonds is 17. The van der Waals surface area contributed by atoms with Gasteiger partial charge in [0.25, 0.3) is 0 Å². The van der Waals surface area contributed by atoms with Gasteiger partial charge in [-0.05, 0) is 67.8 Å².